The lowest BCUT2D eigenvalue weighted by molar-refractivity contribution is 0.139. The van der Waals surface area contributed by atoms with E-state index in [1.165, 1.54) is 4.90 Å². The van der Waals surface area contributed by atoms with Gasteiger partial charge in [0.15, 0.2) is 5.82 Å². The highest BCUT2D eigenvalue weighted by atomic mass is 16.4. The van der Waals surface area contributed by atoms with E-state index in [-0.39, 0.29) is 6.54 Å². The number of fused-ring (bicyclic) bond motifs is 1. The van der Waals surface area contributed by atoms with Crippen LogP contribution in [0.25, 0.3) is 22.8 Å². The first kappa shape index (κ1) is 15.3. The Kier molecular flexibility index (Phi) is 3.68. The van der Waals surface area contributed by atoms with Crippen LogP contribution in [-0.2, 0) is 20.0 Å². The summed E-state index contributed by atoms with van der Waals surface area (Å²) in [6.45, 7) is 0.711. The van der Waals surface area contributed by atoms with Gasteiger partial charge in [0.05, 0.1) is 17.9 Å². The molecule has 7 heteroatoms. The first-order valence-corrected chi connectivity index (χ1v) is 8.05. The highest BCUT2D eigenvalue weighted by molar-refractivity contribution is 5.68. The Labute approximate surface area is 144 Å². The Hall–Kier alpha value is -3.22. The summed E-state index contributed by atoms with van der Waals surface area (Å²) in [7, 11) is 1.86. The van der Waals surface area contributed by atoms with Gasteiger partial charge in [-0.3, -0.25) is 4.68 Å². The van der Waals surface area contributed by atoms with Crippen molar-refractivity contribution in [3.8, 4) is 22.8 Å². The smallest absolute Gasteiger partial charge is 0.407 e. The van der Waals surface area contributed by atoms with Gasteiger partial charge in [-0.05, 0) is 12.5 Å². The molecule has 1 aliphatic heterocycles. The summed E-state index contributed by atoms with van der Waals surface area (Å²) in [5.74, 6) is 0.590. The van der Waals surface area contributed by atoms with Crippen molar-refractivity contribution in [2.45, 2.75) is 13.0 Å². The Bertz CT molecular complexity index is 936. The van der Waals surface area contributed by atoms with E-state index in [4.69, 9.17) is 4.98 Å². The summed E-state index contributed by atoms with van der Waals surface area (Å²) in [4.78, 5) is 22.1. The number of hydrogen-bond acceptors (Lipinski definition) is 4. The van der Waals surface area contributed by atoms with Crippen LogP contribution in [0.2, 0.25) is 0 Å². The maximum atomic E-state index is 11.3. The van der Waals surface area contributed by atoms with Gasteiger partial charge in [-0.25, -0.2) is 14.8 Å². The molecule has 4 rings (SSSR count). The van der Waals surface area contributed by atoms with Gasteiger partial charge >= 0.3 is 6.09 Å². The van der Waals surface area contributed by atoms with Crippen LogP contribution in [0.3, 0.4) is 0 Å². The largest absolute Gasteiger partial charge is 0.465 e. The van der Waals surface area contributed by atoms with E-state index in [1.54, 1.807) is 4.68 Å². The summed E-state index contributed by atoms with van der Waals surface area (Å²) in [6.07, 6.45) is 1.53. The van der Waals surface area contributed by atoms with E-state index in [1.807, 2.05) is 49.6 Å². The van der Waals surface area contributed by atoms with Gasteiger partial charge in [0.25, 0.3) is 0 Å². The summed E-state index contributed by atoms with van der Waals surface area (Å²) in [6, 6.07) is 11.6. The molecule has 0 fully saturated rings. The van der Waals surface area contributed by atoms with Gasteiger partial charge in [-0.1, -0.05) is 30.3 Å². The standard InChI is InChI=1S/C18H17N5O2/c1-22-9-8-14(21-22)16-13-7-10-23(18(24)25)11-15(13)19-17(20-16)12-5-3-2-4-6-12/h2-6,8-9H,7,10-11H2,1H3,(H,24,25). The molecule has 0 saturated heterocycles. The lowest BCUT2D eigenvalue weighted by Crippen LogP contribution is -2.35. The van der Waals surface area contributed by atoms with Crippen LogP contribution in [0, 0.1) is 0 Å². The molecule has 126 valence electrons. The first-order chi connectivity index (χ1) is 12.1. The van der Waals surface area contributed by atoms with Crippen molar-refractivity contribution in [3.05, 3.63) is 53.9 Å². The normalized spacial score (nSPS) is 13.6. The molecule has 3 aromatic rings. The Morgan fingerprint density at radius 1 is 1.16 bits per heavy atom. The molecular weight excluding hydrogens is 318 g/mol. The number of amides is 1. The molecular formula is C18H17N5O2. The van der Waals surface area contributed by atoms with E-state index < -0.39 is 6.09 Å². The van der Waals surface area contributed by atoms with Crippen LogP contribution in [0.5, 0.6) is 0 Å². The maximum absolute atomic E-state index is 11.3. The van der Waals surface area contributed by atoms with E-state index in [9.17, 15) is 9.90 Å². The quantitative estimate of drug-likeness (QED) is 0.778. The topological polar surface area (TPSA) is 84.1 Å². The molecule has 0 unspecified atom stereocenters. The number of benzene rings is 1. The molecule has 0 spiro atoms. The second-order valence-electron chi connectivity index (χ2n) is 6.02. The van der Waals surface area contributed by atoms with Gasteiger partial charge in [-0.15, -0.1) is 0 Å². The summed E-state index contributed by atoms with van der Waals surface area (Å²) in [5.41, 5.74) is 4.20. The molecule has 0 radical (unpaired) electrons. The lowest BCUT2D eigenvalue weighted by atomic mass is 10.0. The van der Waals surface area contributed by atoms with Crippen LogP contribution >= 0.6 is 0 Å². The van der Waals surface area contributed by atoms with Crippen molar-refractivity contribution < 1.29 is 9.90 Å². The van der Waals surface area contributed by atoms with E-state index in [2.05, 4.69) is 10.1 Å². The minimum Gasteiger partial charge on any atom is -0.465 e. The number of carbonyl (C=O) groups is 1. The summed E-state index contributed by atoms with van der Waals surface area (Å²) in [5, 5.41) is 13.8. The molecule has 0 aliphatic carbocycles. The van der Waals surface area contributed by atoms with Crippen molar-refractivity contribution in [2.24, 2.45) is 7.05 Å². The molecule has 3 heterocycles. The molecule has 7 nitrogen and oxygen atoms in total. The predicted molar refractivity (Wildman–Crippen MR) is 91.8 cm³/mol. The van der Waals surface area contributed by atoms with Gasteiger partial charge in [0.1, 0.15) is 5.69 Å². The number of carboxylic acid groups (broad SMARTS) is 1. The number of rotatable bonds is 2. The fraction of sp³-hybridized carbons (Fsp3) is 0.222. The Morgan fingerprint density at radius 3 is 2.64 bits per heavy atom. The van der Waals surface area contributed by atoms with Crippen LogP contribution < -0.4 is 0 Å². The zero-order valence-corrected chi connectivity index (χ0v) is 13.8. The molecule has 1 N–H and O–H groups in total. The molecule has 2 aromatic heterocycles. The third-order valence-electron chi connectivity index (χ3n) is 4.32. The minimum absolute atomic E-state index is 0.271. The Balaban J connectivity index is 1.88. The number of nitrogens with zero attached hydrogens (tertiary/aromatic N) is 5. The van der Waals surface area contributed by atoms with Crippen molar-refractivity contribution in [3.63, 3.8) is 0 Å². The van der Waals surface area contributed by atoms with Crippen molar-refractivity contribution in [1.29, 1.82) is 0 Å². The third kappa shape index (κ3) is 2.84. The van der Waals surface area contributed by atoms with Crippen LogP contribution in [0.4, 0.5) is 4.79 Å². The zero-order valence-electron chi connectivity index (χ0n) is 13.8. The summed E-state index contributed by atoms with van der Waals surface area (Å²) >= 11 is 0. The van der Waals surface area contributed by atoms with Crippen LogP contribution in [0.15, 0.2) is 42.6 Å². The van der Waals surface area contributed by atoms with Gasteiger partial charge in [0.2, 0.25) is 0 Å². The van der Waals surface area contributed by atoms with E-state index in [0.717, 1.165) is 28.2 Å². The minimum atomic E-state index is -0.926. The van der Waals surface area contributed by atoms with Crippen molar-refractivity contribution >= 4 is 6.09 Å². The summed E-state index contributed by atoms with van der Waals surface area (Å²) < 4.78 is 1.73. The SMILES string of the molecule is Cn1ccc(-c2nc(-c3ccccc3)nc3c2CCN(C(=O)O)C3)n1. The van der Waals surface area contributed by atoms with Gasteiger partial charge in [0, 0.05) is 30.9 Å². The monoisotopic (exact) mass is 335 g/mol. The van der Waals surface area contributed by atoms with Crippen LogP contribution in [-0.4, -0.2) is 42.4 Å². The molecule has 25 heavy (non-hydrogen) atoms. The van der Waals surface area contributed by atoms with Crippen molar-refractivity contribution in [2.75, 3.05) is 6.54 Å². The average molecular weight is 335 g/mol. The highest BCUT2D eigenvalue weighted by Gasteiger charge is 2.26. The number of aromatic nitrogens is 4. The number of hydrogen-bond donors (Lipinski definition) is 1. The molecule has 1 aromatic carbocycles. The molecule has 1 amide bonds. The van der Waals surface area contributed by atoms with Crippen LogP contribution in [0.1, 0.15) is 11.3 Å². The fourth-order valence-corrected chi connectivity index (χ4v) is 3.06. The maximum Gasteiger partial charge on any atom is 0.407 e. The van der Waals surface area contributed by atoms with Gasteiger partial charge in [-0.2, -0.15) is 5.10 Å². The van der Waals surface area contributed by atoms with E-state index >= 15 is 0 Å². The van der Waals surface area contributed by atoms with E-state index in [0.29, 0.717) is 18.8 Å². The molecule has 0 saturated carbocycles. The predicted octanol–water partition coefficient (Wildman–Crippen LogP) is 2.58. The molecule has 0 atom stereocenters. The zero-order chi connectivity index (χ0) is 17.4. The van der Waals surface area contributed by atoms with Crippen molar-refractivity contribution in [1.82, 2.24) is 24.6 Å². The van der Waals surface area contributed by atoms with Gasteiger partial charge < -0.3 is 10.0 Å². The lowest BCUT2D eigenvalue weighted by Gasteiger charge is -2.27. The first-order valence-electron chi connectivity index (χ1n) is 8.05. The molecule has 1 aliphatic rings. The second kappa shape index (κ2) is 6.01. The number of aryl methyl sites for hydroxylation is 1. The molecule has 0 bridgehead atoms. The Morgan fingerprint density at radius 2 is 1.96 bits per heavy atom. The second-order valence-corrected chi connectivity index (χ2v) is 6.02. The highest BCUT2D eigenvalue weighted by Crippen LogP contribution is 2.29. The average Bonchev–Trinajstić information content (AvgIpc) is 3.07. The fourth-order valence-electron chi connectivity index (χ4n) is 3.06. The third-order valence-corrected chi connectivity index (χ3v) is 4.32.